The van der Waals surface area contributed by atoms with Crippen molar-refractivity contribution in [1.29, 1.82) is 0 Å². The Morgan fingerprint density at radius 1 is 1.25 bits per heavy atom. The molecule has 0 atom stereocenters. The van der Waals surface area contributed by atoms with Gasteiger partial charge in [-0.05, 0) is 18.2 Å². The zero-order chi connectivity index (χ0) is 14.1. The molecule has 7 heteroatoms. The van der Waals surface area contributed by atoms with Gasteiger partial charge in [0.05, 0.1) is 13.1 Å². The van der Waals surface area contributed by atoms with E-state index in [2.05, 4.69) is 10.2 Å². The lowest BCUT2D eigenvalue weighted by Crippen LogP contribution is -2.37. The minimum Gasteiger partial charge on any atom is -0.504 e. The lowest BCUT2D eigenvalue weighted by atomic mass is 10.1. The van der Waals surface area contributed by atoms with Crippen LogP contribution in [0.2, 0.25) is 0 Å². The van der Waals surface area contributed by atoms with Gasteiger partial charge in [-0.15, -0.1) is 10.2 Å². The first-order chi connectivity index (χ1) is 9.63. The van der Waals surface area contributed by atoms with E-state index in [0.29, 0.717) is 12.1 Å². The monoisotopic (exact) mass is 274 g/mol. The van der Waals surface area contributed by atoms with Gasteiger partial charge in [0.2, 0.25) is 0 Å². The van der Waals surface area contributed by atoms with Crippen molar-refractivity contribution in [3.8, 4) is 11.5 Å². The first-order valence-corrected chi connectivity index (χ1v) is 6.28. The van der Waals surface area contributed by atoms with Crippen LogP contribution in [0.25, 0.3) is 0 Å². The van der Waals surface area contributed by atoms with Gasteiger partial charge in [-0.1, -0.05) is 0 Å². The largest absolute Gasteiger partial charge is 0.504 e. The van der Waals surface area contributed by atoms with Gasteiger partial charge in [0, 0.05) is 18.7 Å². The second-order valence-electron chi connectivity index (χ2n) is 4.78. The number of phenols is 2. The molecule has 0 unspecified atom stereocenters. The third-order valence-electron chi connectivity index (χ3n) is 3.38. The standard InChI is InChI=1S/C13H14N4O3/c18-10-2-1-9(5-11(10)19)12(20)6-16-3-4-17-8-14-15-13(17)7-16/h1-2,5,8,18-19H,3-4,6-7H2. The number of aromatic nitrogens is 3. The van der Waals surface area contributed by atoms with Gasteiger partial charge in [0.1, 0.15) is 12.2 Å². The average molecular weight is 274 g/mol. The minimum absolute atomic E-state index is 0.103. The molecule has 2 N–H and O–H groups in total. The van der Waals surface area contributed by atoms with Crippen molar-refractivity contribution in [2.24, 2.45) is 0 Å². The number of aromatic hydroxyl groups is 2. The molecular weight excluding hydrogens is 260 g/mol. The Bertz CT molecular complexity index is 653. The summed E-state index contributed by atoms with van der Waals surface area (Å²) in [4.78, 5) is 14.1. The Labute approximate surface area is 115 Å². The van der Waals surface area contributed by atoms with Crippen LogP contribution in [0, 0.1) is 0 Å². The molecule has 2 heterocycles. The summed E-state index contributed by atoms with van der Waals surface area (Å²) in [5.41, 5.74) is 0.382. The van der Waals surface area contributed by atoms with Crippen molar-refractivity contribution in [2.45, 2.75) is 13.1 Å². The number of hydrogen-bond donors (Lipinski definition) is 2. The van der Waals surface area contributed by atoms with Crippen LogP contribution < -0.4 is 0 Å². The Hall–Kier alpha value is -2.41. The number of Topliss-reactive ketones (excluding diaryl/α,β-unsaturated/α-hetero) is 1. The van der Waals surface area contributed by atoms with E-state index in [9.17, 15) is 15.0 Å². The Kier molecular flexibility index (Phi) is 3.11. The van der Waals surface area contributed by atoms with E-state index < -0.39 is 0 Å². The number of rotatable bonds is 3. The molecule has 1 aliphatic heterocycles. The van der Waals surface area contributed by atoms with Gasteiger partial charge in [-0.2, -0.15) is 0 Å². The highest BCUT2D eigenvalue weighted by molar-refractivity contribution is 5.98. The van der Waals surface area contributed by atoms with E-state index in [1.54, 1.807) is 6.33 Å². The van der Waals surface area contributed by atoms with Crippen molar-refractivity contribution in [3.63, 3.8) is 0 Å². The topological polar surface area (TPSA) is 91.5 Å². The van der Waals surface area contributed by atoms with Crippen molar-refractivity contribution in [2.75, 3.05) is 13.1 Å². The summed E-state index contributed by atoms with van der Waals surface area (Å²) in [6.07, 6.45) is 1.69. The normalized spacial score (nSPS) is 15.0. The molecule has 20 heavy (non-hydrogen) atoms. The summed E-state index contributed by atoms with van der Waals surface area (Å²) in [6.45, 7) is 2.34. The van der Waals surface area contributed by atoms with Crippen LogP contribution in [-0.4, -0.2) is 48.8 Å². The van der Waals surface area contributed by atoms with Crippen molar-refractivity contribution in [1.82, 2.24) is 19.7 Å². The number of hydrogen-bond acceptors (Lipinski definition) is 6. The predicted octanol–water partition coefficient (Wildman–Crippen LogP) is 0.388. The van der Waals surface area contributed by atoms with Gasteiger partial charge in [-0.3, -0.25) is 9.69 Å². The highest BCUT2D eigenvalue weighted by Crippen LogP contribution is 2.25. The van der Waals surface area contributed by atoms with Gasteiger partial charge >= 0.3 is 0 Å². The maximum atomic E-state index is 12.1. The first-order valence-electron chi connectivity index (χ1n) is 6.28. The van der Waals surface area contributed by atoms with Crippen LogP contribution in [0.1, 0.15) is 16.2 Å². The van der Waals surface area contributed by atoms with E-state index in [-0.39, 0.29) is 23.8 Å². The Balaban J connectivity index is 1.69. The summed E-state index contributed by atoms with van der Waals surface area (Å²) >= 11 is 0. The number of phenolic OH excluding ortho intramolecular Hbond substituents is 2. The first kappa shape index (κ1) is 12.6. The molecule has 0 spiro atoms. The molecule has 7 nitrogen and oxygen atoms in total. The third-order valence-corrected chi connectivity index (χ3v) is 3.38. The van der Waals surface area contributed by atoms with E-state index in [4.69, 9.17) is 0 Å². The zero-order valence-corrected chi connectivity index (χ0v) is 10.7. The fourth-order valence-corrected chi connectivity index (χ4v) is 2.24. The summed E-state index contributed by atoms with van der Waals surface area (Å²) in [5, 5.41) is 26.5. The fourth-order valence-electron chi connectivity index (χ4n) is 2.24. The number of carbonyl (C=O) groups is 1. The maximum Gasteiger partial charge on any atom is 0.176 e. The molecule has 0 saturated carbocycles. The molecule has 0 bridgehead atoms. The molecule has 0 fully saturated rings. The van der Waals surface area contributed by atoms with E-state index in [1.807, 2.05) is 9.47 Å². The molecule has 0 amide bonds. The van der Waals surface area contributed by atoms with Crippen molar-refractivity contribution < 1.29 is 15.0 Å². The van der Waals surface area contributed by atoms with Crippen LogP contribution in [0.4, 0.5) is 0 Å². The summed E-state index contributed by atoms with van der Waals surface area (Å²) < 4.78 is 1.97. The lowest BCUT2D eigenvalue weighted by molar-refractivity contribution is 0.0907. The van der Waals surface area contributed by atoms with E-state index in [0.717, 1.165) is 18.9 Å². The van der Waals surface area contributed by atoms with Gasteiger partial charge in [0.25, 0.3) is 0 Å². The quantitative estimate of drug-likeness (QED) is 0.621. The van der Waals surface area contributed by atoms with Crippen LogP contribution >= 0.6 is 0 Å². The van der Waals surface area contributed by atoms with Gasteiger partial charge in [0.15, 0.2) is 17.3 Å². The van der Waals surface area contributed by atoms with Gasteiger partial charge in [-0.25, -0.2) is 0 Å². The van der Waals surface area contributed by atoms with Crippen molar-refractivity contribution in [3.05, 3.63) is 35.9 Å². The van der Waals surface area contributed by atoms with Crippen LogP contribution in [-0.2, 0) is 13.1 Å². The van der Waals surface area contributed by atoms with E-state index in [1.165, 1.54) is 18.2 Å². The number of nitrogens with zero attached hydrogens (tertiary/aromatic N) is 4. The Morgan fingerprint density at radius 3 is 2.90 bits per heavy atom. The SMILES string of the molecule is O=C(CN1CCn2cnnc2C1)c1ccc(O)c(O)c1. The zero-order valence-electron chi connectivity index (χ0n) is 10.7. The highest BCUT2D eigenvalue weighted by atomic mass is 16.3. The summed E-state index contributed by atoms with van der Waals surface area (Å²) in [7, 11) is 0. The summed E-state index contributed by atoms with van der Waals surface area (Å²) in [5.74, 6) is 0.229. The number of fused-ring (bicyclic) bond motifs is 1. The molecule has 0 radical (unpaired) electrons. The summed E-state index contributed by atoms with van der Waals surface area (Å²) in [6, 6.07) is 4.10. The number of carbonyl (C=O) groups excluding carboxylic acids is 1. The molecule has 1 aromatic carbocycles. The second-order valence-corrected chi connectivity index (χ2v) is 4.78. The minimum atomic E-state index is -0.283. The third kappa shape index (κ3) is 2.35. The fraction of sp³-hybridized carbons (Fsp3) is 0.308. The average Bonchev–Trinajstić information content (AvgIpc) is 2.89. The molecule has 0 saturated heterocycles. The molecular formula is C13H14N4O3. The number of ketones is 1. The van der Waals surface area contributed by atoms with E-state index >= 15 is 0 Å². The maximum absolute atomic E-state index is 12.1. The number of benzene rings is 1. The molecule has 0 aliphatic carbocycles. The Morgan fingerprint density at radius 2 is 2.10 bits per heavy atom. The molecule has 3 rings (SSSR count). The lowest BCUT2D eigenvalue weighted by Gasteiger charge is -2.26. The van der Waals surface area contributed by atoms with Crippen LogP contribution in [0.15, 0.2) is 24.5 Å². The predicted molar refractivity (Wildman–Crippen MR) is 69.4 cm³/mol. The van der Waals surface area contributed by atoms with Gasteiger partial charge < -0.3 is 14.8 Å². The highest BCUT2D eigenvalue weighted by Gasteiger charge is 2.20. The molecule has 104 valence electrons. The van der Waals surface area contributed by atoms with Crippen LogP contribution in [0.3, 0.4) is 0 Å². The molecule has 1 aromatic heterocycles. The second kappa shape index (κ2) is 4.93. The molecule has 2 aromatic rings. The van der Waals surface area contributed by atoms with Crippen LogP contribution in [0.5, 0.6) is 11.5 Å². The van der Waals surface area contributed by atoms with Crippen molar-refractivity contribution >= 4 is 5.78 Å². The molecule has 1 aliphatic rings. The smallest absolute Gasteiger partial charge is 0.176 e.